The van der Waals surface area contributed by atoms with Crippen molar-refractivity contribution in [1.82, 2.24) is 20.2 Å². The van der Waals surface area contributed by atoms with E-state index >= 15 is 0 Å². The maximum absolute atomic E-state index is 12.8. The summed E-state index contributed by atoms with van der Waals surface area (Å²) in [5, 5.41) is 3.00. The monoisotopic (exact) mass is 420 g/mol. The number of benzene rings is 2. The number of H-pyrrole nitrogens is 1. The molecular weight excluding hydrogens is 396 g/mol. The Bertz CT molecular complexity index is 1120. The second kappa shape index (κ2) is 8.99. The highest BCUT2D eigenvalue weighted by molar-refractivity contribution is 5.97. The van der Waals surface area contributed by atoms with Gasteiger partial charge in [-0.3, -0.25) is 14.4 Å². The van der Waals surface area contributed by atoms with Gasteiger partial charge in [-0.15, -0.1) is 0 Å². The number of nitrogens with zero attached hydrogens (tertiary/aromatic N) is 2. The first-order chi connectivity index (χ1) is 15.0. The van der Waals surface area contributed by atoms with Crippen LogP contribution >= 0.6 is 0 Å². The second-order valence-corrected chi connectivity index (χ2v) is 7.70. The predicted molar refractivity (Wildman–Crippen MR) is 115 cm³/mol. The van der Waals surface area contributed by atoms with Crippen molar-refractivity contribution in [1.29, 1.82) is 0 Å². The molecule has 3 aromatic rings. The van der Waals surface area contributed by atoms with E-state index in [1.165, 1.54) is 6.92 Å². The number of likely N-dealkylation sites (tertiary alicyclic amines) is 1. The molecule has 0 atom stereocenters. The Morgan fingerprint density at radius 3 is 2.71 bits per heavy atom. The van der Waals surface area contributed by atoms with Crippen LogP contribution in [0.2, 0.25) is 0 Å². The number of carbonyl (C=O) groups excluding carboxylic acids is 3. The van der Waals surface area contributed by atoms with Gasteiger partial charge in [0, 0.05) is 37.7 Å². The van der Waals surface area contributed by atoms with Crippen molar-refractivity contribution in [3.8, 4) is 5.75 Å². The average Bonchev–Trinajstić information content (AvgIpc) is 3.25. The van der Waals surface area contributed by atoms with E-state index in [1.807, 2.05) is 6.07 Å². The van der Waals surface area contributed by atoms with Crippen LogP contribution in [0, 0.1) is 5.92 Å². The zero-order valence-corrected chi connectivity index (χ0v) is 17.3. The lowest BCUT2D eigenvalue weighted by atomic mass is 9.96. The number of piperidine rings is 1. The molecule has 8 nitrogen and oxygen atoms in total. The minimum absolute atomic E-state index is 0.0793. The van der Waals surface area contributed by atoms with Crippen LogP contribution in [0.1, 0.15) is 40.5 Å². The summed E-state index contributed by atoms with van der Waals surface area (Å²) in [6.07, 6.45) is 3.23. The Morgan fingerprint density at radius 2 is 1.94 bits per heavy atom. The number of carbonyl (C=O) groups is 3. The molecule has 2 aromatic carbocycles. The Morgan fingerprint density at radius 1 is 1.13 bits per heavy atom. The van der Waals surface area contributed by atoms with Gasteiger partial charge < -0.3 is 19.9 Å². The van der Waals surface area contributed by atoms with E-state index in [0.29, 0.717) is 42.4 Å². The van der Waals surface area contributed by atoms with E-state index in [9.17, 15) is 14.4 Å². The van der Waals surface area contributed by atoms with Gasteiger partial charge in [-0.05, 0) is 55.2 Å². The van der Waals surface area contributed by atoms with Gasteiger partial charge in [-0.25, -0.2) is 4.98 Å². The number of fused-ring (bicyclic) bond motifs is 1. The van der Waals surface area contributed by atoms with Gasteiger partial charge in [0.2, 0.25) is 0 Å². The third-order valence-electron chi connectivity index (χ3n) is 5.48. The molecule has 0 saturated carbocycles. The topological polar surface area (TPSA) is 104 Å². The fourth-order valence-corrected chi connectivity index (χ4v) is 3.80. The number of rotatable bonds is 5. The van der Waals surface area contributed by atoms with Gasteiger partial charge in [-0.1, -0.05) is 6.07 Å². The van der Waals surface area contributed by atoms with Crippen molar-refractivity contribution >= 4 is 28.8 Å². The summed E-state index contributed by atoms with van der Waals surface area (Å²) in [4.78, 5) is 45.4. The van der Waals surface area contributed by atoms with Gasteiger partial charge in [0.25, 0.3) is 11.8 Å². The van der Waals surface area contributed by atoms with Crippen molar-refractivity contribution in [3.63, 3.8) is 0 Å². The van der Waals surface area contributed by atoms with Crippen LogP contribution in [0.4, 0.5) is 0 Å². The molecule has 0 bridgehead atoms. The van der Waals surface area contributed by atoms with Gasteiger partial charge >= 0.3 is 5.97 Å². The molecule has 0 aliphatic carbocycles. The predicted octanol–water partition coefficient (Wildman–Crippen LogP) is 2.77. The van der Waals surface area contributed by atoms with Gasteiger partial charge in [0.05, 0.1) is 17.4 Å². The minimum Gasteiger partial charge on any atom is -0.427 e. The standard InChI is InChI=1S/C23H24N4O4/c1-15(28)31-19-4-2-3-18(11-19)23(30)27-9-7-16(8-10-27)13-24-22(29)17-5-6-20-21(12-17)26-14-25-20/h2-6,11-12,14,16H,7-10,13H2,1H3,(H,24,29)(H,25,26). The second-order valence-electron chi connectivity index (χ2n) is 7.70. The molecule has 1 fully saturated rings. The third-order valence-corrected chi connectivity index (χ3v) is 5.48. The van der Waals surface area contributed by atoms with Crippen LogP contribution in [-0.4, -0.2) is 52.3 Å². The quantitative estimate of drug-likeness (QED) is 0.488. The molecule has 160 valence electrons. The van der Waals surface area contributed by atoms with E-state index in [4.69, 9.17) is 4.74 Å². The normalized spacial score (nSPS) is 14.4. The highest BCUT2D eigenvalue weighted by Crippen LogP contribution is 2.21. The number of hydrogen-bond donors (Lipinski definition) is 2. The highest BCUT2D eigenvalue weighted by atomic mass is 16.5. The first-order valence-corrected chi connectivity index (χ1v) is 10.3. The zero-order chi connectivity index (χ0) is 21.8. The van der Waals surface area contributed by atoms with Crippen molar-refractivity contribution < 1.29 is 19.1 Å². The van der Waals surface area contributed by atoms with E-state index in [1.54, 1.807) is 47.6 Å². The SMILES string of the molecule is CC(=O)Oc1cccc(C(=O)N2CCC(CNC(=O)c3ccc4nc[nH]c4c3)CC2)c1. The number of ether oxygens (including phenoxy) is 1. The summed E-state index contributed by atoms with van der Waals surface area (Å²) >= 11 is 0. The van der Waals surface area contributed by atoms with Crippen LogP contribution in [0.3, 0.4) is 0 Å². The van der Waals surface area contributed by atoms with Crippen LogP contribution in [0.25, 0.3) is 11.0 Å². The van der Waals surface area contributed by atoms with E-state index in [0.717, 1.165) is 23.9 Å². The van der Waals surface area contributed by atoms with E-state index in [-0.39, 0.29) is 11.8 Å². The van der Waals surface area contributed by atoms with Crippen LogP contribution in [0.5, 0.6) is 5.75 Å². The molecule has 0 unspecified atom stereocenters. The first kappa shape index (κ1) is 20.6. The van der Waals surface area contributed by atoms with Gasteiger partial charge in [0.15, 0.2) is 0 Å². The summed E-state index contributed by atoms with van der Waals surface area (Å²) in [6, 6.07) is 12.0. The van der Waals surface area contributed by atoms with E-state index in [2.05, 4.69) is 15.3 Å². The van der Waals surface area contributed by atoms with Crippen molar-refractivity contribution in [2.24, 2.45) is 5.92 Å². The summed E-state index contributed by atoms with van der Waals surface area (Å²) in [5.41, 5.74) is 2.75. The number of aromatic nitrogens is 2. The molecular formula is C23H24N4O4. The largest absolute Gasteiger partial charge is 0.427 e. The van der Waals surface area contributed by atoms with Crippen LogP contribution in [0.15, 0.2) is 48.8 Å². The Balaban J connectivity index is 1.28. The van der Waals surface area contributed by atoms with Crippen LogP contribution in [-0.2, 0) is 4.79 Å². The van der Waals surface area contributed by atoms with Gasteiger partial charge in [0.1, 0.15) is 5.75 Å². The van der Waals surface area contributed by atoms with Crippen molar-refractivity contribution in [2.75, 3.05) is 19.6 Å². The minimum atomic E-state index is -0.419. The third kappa shape index (κ3) is 4.91. The molecule has 0 radical (unpaired) electrons. The number of esters is 1. The fraction of sp³-hybridized carbons (Fsp3) is 0.304. The molecule has 2 N–H and O–H groups in total. The van der Waals surface area contributed by atoms with E-state index < -0.39 is 5.97 Å². The maximum Gasteiger partial charge on any atom is 0.308 e. The average molecular weight is 420 g/mol. The Labute approximate surface area is 179 Å². The summed E-state index contributed by atoms with van der Waals surface area (Å²) < 4.78 is 5.06. The smallest absolute Gasteiger partial charge is 0.308 e. The lowest BCUT2D eigenvalue weighted by Crippen LogP contribution is -2.41. The maximum atomic E-state index is 12.8. The molecule has 2 heterocycles. The van der Waals surface area contributed by atoms with Crippen molar-refractivity contribution in [2.45, 2.75) is 19.8 Å². The fourth-order valence-electron chi connectivity index (χ4n) is 3.80. The summed E-state index contributed by atoms with van der Waals surface area (Å²) in [6.45, 7) is 3.14. The Hall–Kier alpha value is -3.68. The van der Waals surface area contributed by atoms with Crippen molar-refractivity contribution in [3.05, 3.63) is 59.9 Å². The summed E-state index contributed by atoms with van der Waals surface area (Å²) in [5.74, 6) is 0.0686. The molecule has 8 heteroatoms. The number of nitrogens with one attached hydrogen (secondary N) is 2. The van der Waals surface area contributed by atoms with Crippen LogP contribution < -0.4 is 10.1 Å². The molecule has 1 aliphatic heterocycles. The molecule has 0 spiro atoms. The molecule has 31 heavy (non-hydrogen) atoms. The molecule has 2 amide bonds. The number of aromatic amines is 1. The Kier molecular flexibility index (Phi) is 5.97. The summed E-state index contributed by atoms with van der Waals surface area (Å²) in [7, 11) is 0. The lowest BCUT2D eigenvalue weighted by molar-refractivity contribution is -0.131. The zero-order valence-electron chi connectivity index (χ0n) is 17.3. The molecule has 4 rings (SSSR count). The van der Waals surface area contributed by atoms with Gasteiger partial charge in [-0.2, -0.15) is 0 Å². The number of hydrogen-bond acceptors (Lipinski definition) is 5. The lowest BCUT2D eigenvalue weighted by Gasteiger charge is -2.32. The number of imidazole rings is 1. The number of amides is 2. The highest BCUT2D eigenvalue weighted by Gasteiger charge is 2.24. The molecule has 1 aromatic heterocycles. The first-order valence-electron chi connectivity index (χ1n) is 10.3. The molecule has 1 saturated heterocycles. The molecule has 1 aliphatic rings.